The van der Waals surface area contributed by atoms with Gasteiger partial charge in [-0.15, -0.1) is 10.2 Å². The Hall–Kier alpha value is -3.77. The first kappa shape index (κ1) is 19.2. The molecule has 2 heterocycles. The number of benzene rings is 3. The molecule has 6 heteroatoms. The summed E-state index contributed by atoms with van der Waals surface area (Å²) < 4.78 is 8.06. The van der Waals surface area contributed by atoms with Crippen molar-refractivity contribution in [1.29, 1.82) is 0 Å². The Balaban J connectivity index is 1.39. The van der Waals surface area contributed by atoms with E-state index in [-0.39, 0.29) is 5.56 Å². The Morgan fingerprint density at radius 2 is 1.68 bits per heavy atom. The zero-order valence-corrected chi connectivity index (χ0v) is 17.7. The lowest BCUT2D eigenvalue weighted by Gasteiger charge is -2.06. The second-order valence-corrected chi connectivity index (χ2v) is 8.28. The standard InChI is InChI=1S/C25H19N3O2S/c1-17-7-9-19(10-8-17)16-30-21-13-11-18(12-14-21)15-22-24(29)28-23(26-27-25(28)31-22)20-5-3-2-4-6-20/h2-15H,16H2,1H3/b22-15-. The first-order chi connectivity index (χ1) is 15.2. The summed E-state index contributed by atoms with van der Waals surface area (Å²) in [5.74, 6) is 1.35. The number of hydrogen-bond donors (Lipinski definition) is 0. The van der Waals surface area contributed by atoms with E-state index in [0.29, 0.717) is 21.9 Å². The maximum absolute atomic E-state index is 13.0. The second-order valence-electron chi connectivity index (χ2n) is 7.27. The van der Waals surface area contributed by atoms with Crippen molar-refractivity contribution >= 4 is 22.4 Å². The summed E-state index contributed by atoms with van der Waals surface area (Å²) in [4.78, 5) is 13.6. The molecule has 0 atom stereocenters. The normalized spacial score (nSPS) is 11.8. The van der Waals surface area contributed by atoms with Crippen LogP contribution in [0, 0.1) is 6.92 Å². The van der Waals surface area contributed by atoms with E-state index in [1.54, 1.807) is 4.40 Å². The van der Waals surface area contributed by atoms with Crippen molar-refractivity contribution in [3.63, 3.8) is 0 Å². The lowest BCUT2D eigenvalue weighted by molar-refractivity contribution is 0.306. The minimum atomic E-state index is -0.108. The van der Waals surface area contributed by atoms with E-state index in [9.17, 15) is 4.79 Å². The molecule has 5 nitrogen and oxygen atoms in total. The van der Waals surface area contributed by atoms with Crippen LogP contribution < -0.4 is 14.8 Å². The molecule has 5 aromatic rings. The summed E-state index contributed by atoms with van der Waals surface area (Å²) in [5, 5.41) is 8.37. The molecule has 0 unspecified atom stereocenters. The van der Waals surface area contributed by atoms with Gasteiger partial charge in [0.2, 0.25) is 4.96 Å². The summed E-state index contributed by atoms with van der Waals surface area (Å²) in [5.41, 5.74) is 4.05. The molecule has 0 N–H and O–H groups in total. The molecule has 5 rings (SSSR count). The number of rotatable bonds is 5. The number of thiazole rings is 1. The summed E-state index contributed by atoms with van der Waals surface area (Å²) in [6.45, 7) is 2.59. The van der Waals surface area contributed by atoms with Crippen LogP contribution in [0.1, 0.15) is 16.7 Å². The van der Waals surface area contributed by atoms with E-state index >= 15 is 0 Å². The van der Waals surface area contributed by atoms with Crippen molar-refractivity contribution in [3.8, 4) is 17.1 Å². The Kier molecular flexibility index (Phi) is 5.06. The molecule has 0 spiro atoms. The van der Waals surface area contributed by atoms with Crippen LogP contribution in [0.15, 0.2) is 83.7 Å². The topological polar surface area (TPSA) is 56.5 Å². The molecule has 0 bridgehead atoms. The number of fused-ring (bicyclic) bond motifs is 1. The molecule has 0 aliphatic rings. The molecular weight excluding hydrogens is 406 g/mol. The smallest absolute Gasteiger partial charge is 0.276 e. The van der Waals surface area contributed by atoms with Gasteiger partial charge in [0.1, 0.15) is 12.4 Å². The number of nitrogens with zero attached hydrogens (tertiary/aromatic N) is 3. The van der Waals surface area contributed by atoms with E-state index in [1.165, 1.54) is 16.9 Å². The molecule has 31 heavy (non-hydrogen) atoms. The quantitative estimate of drug-likeness (QED) is 0.422. The molecule has 0 saturated carbocycles. The minimum absolute atomic E-state index is 0.108. The van der Waals surface area contributed by atoms with Crippen molar-refractivity contribution < 1.29 is 4.74 Å². The predicted molar refractivity (Wildman–Crippen MR) is 123 cm³/mol. The van der Waals surface area contributed by atoms with Crippen LogP contribution in [0.4, 0.5) is 0 Å². The van der Waals surface area contributed by atoms with E-state index in [1.807, 2.05) is 60.7 Å². The number of hydrogen-bond acceptors (Lipinski definition) is 5. The maximum atomic E-state index is 13.0. The van der Waals surface area contributed by atoms with E-state index in [0.717, 1.165) is 22.4 Å². The largest absolute Gasteiger partial charge is 0.489 e. The van der Waals surface area contributed by atoms with Crippen molar-refractivity contribution in [3.05, 3.63) is 110 Å². The zero-order valence-electron chi connectivity index (χ0n) is 16.9. The Labute approximate surface area is 182 Å². The van der Waals surface area contributed by atoms with Gasteiger partial charge in [0.25, 0.3) is 5.56 Å². The fourth-order valence-electron chi connectivity index (χ4n) is 3.30. The lowest BCUT2D eigenvalue weighted by atomic mass is 10.2. The Bertz CT molecular complexity index is 1440. The average Bonchev–Trinajstić information content (AvgIpc) is 3.35. The first-order valence-corrected chi connectivity index (χ1v) is 10.7. The lowest BCUT2D eigenvalue weighted by Crippen LogP contribution is -2.23. The first-order valence-electron chi connectivity index (χ1n) is 9.91. The van der Waals surface area contributed by atoms with Gasteiger partial charge in [-0.25, -0.2) is 4.40 Å². The highest BCUT2D eigenvalue weighted by Gasteiger charge is 2.13. The van der Waals surface area contributed by atoms with Gasteiger partial charge < -0.3 is 4.74 Å². The van der Waals surface area contributed by atoms with Crippen LogP contribution in [0.25, 0.3) is 22.4 Å². The van der Waals surface area contributed by atoms with Gasteiger partial charge in [0.15, 0.2) is 5.82 Å². The predicted octanol–water partition coefficient (Wildman–Crippen LogP) is 4.25. The van der Waals surface area contributed by atoms with E-state index in [2.05, 4.69) is 41.4 Å². The molecule has 152 valence electrons. The Morgan fingerprint density at radius 1 is 0.935 bits per heavy atom. The maximum Gasteiger partial charge on any atom is 0.276 e. The van der Waals surface area contributed by atoms with Gasteiger partial charge in [-0.2, -0.15) is 0 Å². The number of ether oxygens (including phenoxy) is 1. The molecule has 3 aromatic carbocycles. The van der Waals surface area contributed by atoms with Crippen LogP contribution in [0.5, 0.6) is 5.75 Å². The molecular formula is C25H19N3O2S. The molecule has 0 amide bonds. The van der Waals surface area contributed by atoms with Crippen molar-refractivity contribution in [2.75, 3.05) is 0 Å². The highest BCUT2D eigenvalue weighted by molar-refractivity contribution is 7.15. The monoisotopic (exact) mass is 425 g/mol. The second kappa shape index (κ2) is 8.16. The third-order valence-corrected chi connectivity index (χ3v) is 5.94. The molecule has 0 saturated heterocycles. The molecule has 2 aromatic heterocycles. The molecule has 0 aliphatic heterocycles. The summed E-state index contributed by atoms with van der Waals surface area (Å²) in [6, 6.07) is 25.6. The van der Waals surface area contributed by atoms with E-state index in [4.69, 9.17) is 4.74 Å². The van der Waals surface area contributed by atoms with Crippen molar-refractivity contribution in [1.82, 2.24) is 14.6 Å². The summed E-state index contributed by atoms with van der Waals surface area (Å²) in [6.07, 6.45) is 1.88. The van der Waals surface area contributed by atoms with Gasteiger partial charge in [-0.1, -0.05) is 83.6 Å². The molecule has 0 aliphatic carbocycles. The van der Waals surface area contributed by atoms with Gasteiger partial charge in [0.05, 0.1) is 4.53 Å². The van der Waals surface area contributed by atoms with Gasteiger partial charge >= 0.3 is 0 Å². The summed E-state index contributed by atoms with van der Waals surface area (Å²) >= 11 is 1.34. The molecule has 0 radical (unpaired) electrons. The van der Waals surface area contributed by atoms with Crippen molar-refractivity contribution in [2.24, 2.45) is 0 Å². The third-order valence-electron chi connectivity index (χ3n) is 4.98. The van der Waals surface area contributed by atoms with Crippen LogP contribution in [-0.4, -0.2) is 14.6 Å². The molecule has 0 fully saturated rings. The van der Waals surface area contributed by atoms with Gasteiger partial charge in [0, 0.05) is 5.56 Å². The van der Waals surface area contributed by atoms with Crippen LogP contribution >= 0.6 is 11.3 Å². The van der Waals surface area contributed by atoms with Gasteiger partial charge in [-0.3, -0.25) is 4.79 Å². The SMILES string of the molecule is Cc1ccc(COc2ccc(/C=c3\sc4nnc(-c5ccccc5)n4c3=O)cc2)cc1. The van der Waals surface area contributed by atoms with Gasteiger partial charge in [-0.05, 0) is 36.3 Å². The highest BCUT2D eigenvalue weighted by atomic mass is 32.1. The van der Waals surface area contributed by atoms with Crippen molar-refractivity contribution in [2.45, 2.75) is 13.5 Å². The van der Waals surface area contributed by atoms with Crippen LogP contribution in [0.3, 0.4) is 0 Å². The Morgan fingerprint density at radius 3 is 2.42 bits per heavy atom. The summed E-state index contributed by atoms with van der Waals surface area (Å²) in [7, 11) is 0. The average molecular weight is 426 g/mol. The van der Waals surface area contributed by atoms with E-state index < -0.39 is 0 Å². The van der Waals surface area contributed by atoms with Crippen LogP contribution in [-0.2, 0) is 6.61 Å². The van der Waals surface area contributed by atoms with Crippen LogP contribution in [0.2, 0.25) is 0 Å². The fraction of sp³-hybridized carbons (Fsp3) is 0.0800. The zero-order chi connectivity index (χ0) is 21.2. The third kappa shape index (κ3) is 3.98. The minimum Gasteiger partial charge on any atom is -0.489 e. The number of aryl methyl sites for hydroxylation is 1. The highest BCUT2D eigenvalue weighted by Crippen LogP contribution is 2.18. The number of aromatic nitrogens is 3. The fourth-order valence-corrected chi connectivity index (χ4v) is 4.21.